The predicted molar refractivity (Wildman–Crippen MR) is 66.7 cm³/mol. The van der Waals surface area contributed by atoms with Crippen molar-refractivity contribution in [3.63, 3.8) is 0 Å². The molecule has 1 unspecified atom stereocenters. The van der Waals surface area contributed by atoms with Gasteiger partial charge in [0, 0.05) is 11.4 Å². The molecule has 0 saturated heterocycles. The number of rotatable bonds is 4. The molecular formula is C11H13Cl2NO3. The monoisotopic (exact) mass is 277 g/mol. The Hall–Kier alpha value is -0.970. The first kappa shape index (κ1) is 14.1. The van der Waals surface area contributed by atoms with Crippen molar-refractivity contribution in [1.29, 1.82) is 0 Å². The van der Waals surface area contributed by atoms with Crippen molar-refractivity contribution >= 4 is 29.2 Å². The van der Waals surface area contributed by atoms with Gasteiger partial charge in [-0.1, -0.05) is 23.2 Å². The third-order valence-corrected chi connectivity index (χ3v) is 2.73. The summed E-state index contributed by atoms with van der Waals surface area (Å²) >= 11 is 11.8. The second kappa shape index (κ2) is 6.10. The molecule has 0 fully saturated rings. The average molecular weight is 278 g/mol. The molecule has 0 saturated carbocycles. The van der Waals surface area contributed by atoms with E-state index in [0.717, 1.165) is 0 Å². The zero-order valence-electron chi connectivity index (χ0n) is 9.50. The zero-order chi connectivity index (χ0) is 13.0. The van der Waals surface area contributed by atoms with Crippen LogP contribution in [0.2, 0.25) is 10.0 Å². The van der Waals surface area contributed by atoms with Crippen molar-refractivity contribution in [2.45, 2.75) is 12.5 Å². The van der Waals surface area contributed by atoms with E-state index in [1.165, 1.54) is 14.2 Å². The van der Waals surface area contributed by atoms with Gasteiger partial charge in [0.2, 0.25) is 0 Å². The Labute approximate surface area is 110 Å². The molecule has 17 heavy (non-hydrogen) atoms. The lowest BCUT2D eigenvalue weighted by molar-refractivity contribution is -0.142. The minimum atomic E-state index is -0.775. The van der Waals surface area contributed by atoms with Crippen LogP contribution in [0.4, 0.5) is 0 Å². The smallest absolute Gasteiger partial charge is 0.322 e. The van der Waals surface area contributed by atoms with E-state index in [4.69, 9.17) is 33.7 Å². The van der Waals surface area contributed by atoms with Crippen LogP contribution in [0.25, 0.3) is 0 Å². The van der Waals surface area contributed by atoms with Crippen molar-refractivity contribution in [3.05, 3.63) is 27.7 Å². The maximum atomic E-state index is 11.2. The van der Waals surface area contributed by atoms with Gasteiger partial charge in [0.25, 0.3) is 0 Å². The summed E-state index contributed by atoms with van der Waals surface area (Å²) < 4.78 is 9.69. The van der Waals surface area contributed by atoms with E-state index in [9.17, 15) is 4.79 Å². The fraction of sp³-hybridized carbons (Fsp3) is 0.364. The van der Waals surface area contributed by atoms with Gasteiger partial charge in [0.15, 0.2) is 0 Å². The van der Waals surface area contributed by atoms with Crippen LogP contribution in [0.15, 0.2) is 12.1 Å². The Morgan fingerprint density at radius 2 is 2.06 bits per heavy atom. The van der Waals surface area contributed by atoms with Crippen molar-refractivity contribution < 1.29 is 14.3 Å². The number of hydrogen-bond donors (Lipinski definition) is 1. The lowest BCUT2D eigenvalue weighted by Crippen LogP contribution is -2.33. The van der Waals surface area contributed by atoms with E-state index in [1.54, 1.807) is 12.1 Å². The first-order chi connectivity index (χ1) is 7.99. The van der Waals surface area contributed by atoms with Crippen LogP contribution in [-0.2, 0) is 16.0 Å². The Bertz CT molecular complexity index is 423. The van der Waals surface area contributed by atoms with E-state index < -0.39 is 12.0 Å². The van der Waals surface area contributed by atoms with E-state index in [0.29, 0.717) is 21.4 Å². The molecule has 6 heteroatoms. The van der Waals surface area contributed by atoms with Gasteiger partial charge in [-0.3, -0.25) is 4.79 Å². The number of benzene rings is 1. The first-order valence-electron chi connectivity index (χ1n) is 4.85. The highest BCUT2D eigenvalue weighted by atomic mass is 35.5. The Kier molecular flexibility index (Phi) is 5.05. The lowest BCUT2D eigenvalue weighted by atomic mass is 10.1. The molecule has 1 rings (SSSR count). The molecule has 1 atom stereocenters. The van der Waals surface area contributed by atoms with E-state index in [2.05, 4.69) is 4.74 Å². The molecule has 0 heterocycles. The van der Waals surface area contributed by atoms with Gasteiger partial charge in [-0.05, 0) is 17.7 Å². The topological polar surface area (TPSA) is 61.5 Å². The maximum Gasteiger partial charge on any atom is 0.322 e. The molecule has 0 aliphatic carbocycles. The molecule has 1 aromatic rings. The standard InChI is InChI=1S/C11H13Cl2NO3/c1-16-10-6(3-7(12)5-8(10)13)4-9(14)11(15)17-2/h3,5,9H,4,14H2,1-2H3. The normalized spacial score (nSPS) is 12.1. The SMILES string of the molecule is COC(=O)C(N)Cc1cc(Cl)cc(Cl)c1OC. The molecule has 2 N–H and O–H groups in total. The van der Waals surface area contributed by atoms with Crippen LogP contribution in [-0.4, -0.2) is 26.2 Å². The molecule has 1 aromatic carbocycles. The fourth-order valence-corrected chi connectivity index (χ4v) is 2.08. The van der Waals surface area contributed by atoms with Gasteiger partial charge >= 0.3 is 5.97 Å². The van der Waals surface area contributed by atoms with E-state index >= 15 is 0 Å². The van der Waals surface area contributed by atoms with Crippen molar-refractivity contribution in [2.24, 2.45) is 5.73 Å². The van der Waals surface area contributed by atoms with Crippen LogP contribution < -0.4 is 10.5 Å². The minimum absolute atomic E-state index is 0.246. The second-order valence-electron chi connectivity index (χ2n) is 3.41. The van der Waals surface area contributed by atoms with Crippen molar-refractivity contribution in [1.82, 2.24) is 0 Å². The van der Waals surface area contributed by atoms with Crippen LogP contribution >= 0.6 is 23.2 Å². The number of halogens is 2. The average Bonchev–Trinajstić information content (AvgIpc) is 2.27. The second-order valence-corrected chi connectivity index (χ2v) is 4.26. The largest absolute Gasteiger partial charge is 0.495 e. The molecule has 0 aromatic heterocycles. The molecule has 0 aliphatic heterocycles. The number of carbonyl (C=O) groups is 1. The van der Waals surface area contributed by atoms with Gasteiger partial charge in [0.1, 0.15) is 11.8 Å². The summed E-state index contributed by atoms with van der Waals surface area (Å²) in [4.78, 5) is 11.2. The van der Waals surface area contributed by atoms with Crippen LogP contribution in [0, 0.1) is 0 Å². The van der Waals surface area contributed by atoms with Crippen LogP contribution in [0.5, 0.6) is 5.75 Å². The molecule has 0 aliphatic rings. The summed E-state index contributed by atoms with van der Waals surface area (Å²) in [6.45, 7) is 0. The summed E-state index contributed by atoms with van der Waals surface area (Å²) in [7, 11) is 2.77. The number of hydrogen-bond acceptors (Lipinski definition) is 4. The van der Waals surface area contributed by atoms with Gasteiger partial charge < -0.3 is 15.2 Å². The summed E-state index contributed by atoms with van der Waals surface area (Å²) in [5, 5.41) is 0.843. The predicted octanol–water partition coefficient (Wildman–Crippen LogP) is 2.04. The summed E-state index contributed by atoms with van der Waals surface area (Å²) in [6.07, 6.45) is 0.246. The Morgan fingerprint density at radius 3 is 2.59 bits per heavy atom. The van der Waals surface area contributed by atoms with Gasteiger partial charge in [0.05, 0.1) is 19.2 Å². The van der Waals surface area contributed by atoms with Crippen molar-refractivity contribution in [3.8, 4) is 5.75 Å². The van der Waals surface area contributed by atoms with E-state index in [1.807, 2.05) is 0 Å². The fourth-order valence-electron chi connectivity index (χ4n) is 1.47. The number of methoxy groups -OCH3 is 2. The minimum Gasteiger partial charge on any atom is -0.495 e. The number of nitrogens with two attached hydrogens (primary N) is 1. The quantitative estimate of drug-likeness (QED) is 0.856. The Morgan fingerprint density at radius 1 is 1.41 bits per heavy atom. The highest BCUT2D eigenvalue weighted by Crippen LogP contribution is 2.32. The zero-order valence-corrected chi connectivity index (χ0v) is 11.0. The van der Waals surface area contributed by atoms with Crippen molar-refractivity contribution in [2.75, 3.05) is 14.2 Å². The molecule has 0 radical (unpaired) electrons. The molecule has 0 amide bonds. The van der Waals surface area contributed by atoms with Gasteiger partial charge in [-0.25, -0.2) is 0 Å². The number of carbonyl (C=O) groups excluding carboxylic acids is 1. The number of esters is 1. The van der Waals surface area contributed by atoms with Crippen LogP contribution in [0.1, 0.15) is 5.56 Å². The molecule has 94 valence electrons. The summed E-state index contributed by atoms with van der Waals surface area (Å²) in [5.41, 5.74) is 6.34. The Balaban J connectivity index is 3.01. The third-order valence-electron chi connectivity index (χ3n) is 2.23. The number of ether oxygens (including phenoxy) is 2. The van der Waals surface area contributed by atoms with Gasteiger partial charge in [-0.15, -0.1) is 0 Å². The summed E-state index contributed by atoms with van der Waals surface area (Å²) in [5.74, 6) is -0.0291. The van der Waals surface area contributed by atoms with E-state index in [-0.39, 0.29) is 6.42 Å². The third kappa shape index (κ3) is 3.49. The molecule has 0 bridgehead atoms. The molecule has 4 nitrogen and oxygen atoms in total. The maximum absolute atomic E-state index is 11.2. The lowest BCUT2D eigenvalue weighted by Gasteiger charge is -2.14. The molecule has 0 spiro atoms. The first-order valence-corrected chi connectivity index (χ1v) is 5.60. The van der Waals surface area contributed by atoms with Gasteiger partial charge in [-0.2, -0.15) is 0 Å². The van der Waals surface area contributed by atoms with Crippen LogP contribution in [0.3, 0.4) is 0 Å². The summed E-state index contributed by atoms with van der Waals surface area (Å²) in [6, 6.07) is 2.45. The molecular weight excluding hydrogens is 265 g/mol. The highest BCUT2D eigenvalue weighted by Gasteiger charge is 2.18. The highest BCUT2D eigenvalue weighted by molar-refractivity contribution is 6.35.